The maximum absolute atomic E-state index is 13.2. The van der Waals surface area contributed by atoms with Gasteiger partial charge in [-0.3, -0.25) is 9.69 Å². The highest BCUT2D eigenvalue weighted by Crippen LogP contribution is 2.20. The molecule has 0 unspecified atom stereocenters. The van der Waals surface area contributed by atoms with Gasteiger partial charge < -0.3 is 14.2 Å². The summed E-state index contributed by atoms with van der Waals surface area (Å²) < 4.78 is 24.4. The van der Waals surface area contributed by atoms with E-state index in [9.17, 15) is 9.18 Å². The lowest BCUT2D eigenvalue weighted by atomic mass is 10.1. The van der Waals surface area contributed by atoms with E-state index in [-0.39, 0.29) is 11.7 Å². The van der Waals surface area contributed by atoms with Gasteiger partial charge in [-0.2, -0.15) is 0 Å². The molecule has 0 atom stereocenters. The van der Waals surface area contributed by atoms with Crippen LogP contribution < -0.4 is 5.32 Å². The van der Waals surface area contributed by atoms with Gasteiger partial charge in [0.1, 0.15) is 11.6 Å². The van der Waals surface area contributed by atoms with Crippen LogP contribution in [0.4, 0.5) is 4.39 Å². The fraction of sp³-hybridized carbons (Fsp3) is 0.174. The van der Waals surface area contributed by atoms with Gasteiger partial charge in [0, 0.05) is 24.7 Å². The Morgan fingerprint density at radius 3 is 2.45 bits per heavy atom. The van der Waals surface area contributed by atoms with E-state index >= 15 is 0 Å². The molecule has 1 N–H and O–H groups in total. The first kappa shape index (κ1) is 20.5. The minimum atomic E-state index is -0.324. The number of nitrogens with zero attached hydrogens (tertiary/aromatic N) is 3. The second-order valence-electron chi connectivity index (χ2n) is 7.01. The normalized spacial score (nSPS) is 11.1. The van der Waals surface area contributed by atoms with E-state index in [1.807, 2.05) is 24.3 Å². The van der Waals surface area contributed by atoms with Crippen molar-refractivity contribution in [2.24, 2.45) is 0 Å². The van der Waals surface area contributed by atoms with Crippen molar-refractivity contribution in [3.63, 3.8) is 0 Å². The molecule has 0 bridgehead atoms. The standard InChI is InChI=1S/C23H21FN4O3/c1-25-22(29)17-6-4-16(5-7-17)13-28(14-20-3-2-12-30-20)15-21-26-27-23(31-21)18-8-10-19(24)11-9-18/h2-12H,13-15H2,1H3,(H,25,29). The van der Waals surface area contributed by atoms with Crippen LogP contribution in [0.1, 0.15) is 27.6 Å². The third kappa shape index (κ3) is 5.23. The molecule has 0 spiro atoms. The number of amides is 1. The summed E-state index contributed by atoms with van der Waals surface area (Å²) in [6, 6.07) is 17.1. The average Bonchev–Trinajstić information content (AvgIpc) is 3.46. The molecule has 8 heteroatoms. The second-order valence-corrected chi connectivity index (χ2v) is 7.01. The number of aromatic nitrogens is 2. The molecule has 1 amide bonds. The molecule has 0 radical (unpaired) electrons. The smallest absolute Gasteiger partial charge is 0.251 e. The van der Waals surface area contributed by atoms with Crippen molar-refractivity contribution in [1.82, 2.24) is 20.4 Å². The van der Waals surface area contributed by atoms with Gasteiger partial charge in [-0.1, -0.05) is 12.1 Å². The Bertz CT molecular complexity index is 1120. The minimum Gasteiger partial charge on any atom is -0.468 e. The third-order valence-electron chi connectivity index (χ3n) is 4.73. The molecule has 0 saturated carbocycles. The fourth-order valence-electron chi connectivity index (χ4n) is 3.17. The van der Waals surface area contributed by atoms with Crippen molar-refractivity contribution in [3.05, 3.63) is 95.5 Å². The number of furan rings is 1. The summed E-state index contributed by atoms with van der Waals surface area (Å²) in [6.07, 6.45) is 1.63. The molecule has 0 aliphatic carbocycles. The van der Waals surface area contributed by atoms with Crippen LogP contribution in [0.25, 0.3) is 11.5 Å². The zero-order valence-corrected chi connectivity index (χ0v) is 16.9. The summed E-state index contributed by atoms with van der Waals surface area (Å²) in [4.78, 5) is 13.8. The summed E-state index contributed by atoms with van der Waals surface area (Å²) in [5.74, 6) is 1.13. The summed E-state index contributed by atoms with van der Waals surface area (Å²) in [7, 11) is 1.60. The number of carbonyl (C=O) groups is 1. The minimum absolute atomic E-state index is 0.127. The quantitative estimate of drug-likeness (QED) is 0.463. The lowest BCUT2D eigenvalue weighted by molar-refractivity contribution is 0.0963. The maximum Gasteiger partial charge on any atom is 0.251 e. The van der Waals surface area contributed by atoms with E-state index in [0.29, 0.717) is 42.5 Å². The monoisotopic (exact) mass is 420 g/mol. The zero-order valence-electron chi connectivity index (χ0n) is 16.9. The highest BCUT2D eigenvalue weighted by atomic mass is 19.1. The molecule has 2 aromatic heterocycles. The van der Waals surface area contributed by atoms with Crippen molar-refractivity contribution < 1.29 is 18.0 Å². The Hall–Kier alpha value is -3.78. The second kappa shape index (κ2) is 9.36. The van der Waals surface area contributed by atoms with Crippen LogP contribution in [0.2, 0.25) is 0 Å². The van der Waals surface area contributed by atoms with Gasteiger partial charge in [-0.15, -0.1) is 10.2 Å². The maximum atomic E-state index is 13.2. The Morgan fingerprint density at radius 2 is 1.77 bits per heavy atom. The Balaban J connectivity index is 1.50. The first-order valence-corrected chi connectivity index (χ1v) is 9.75. The van der Waals surface area contributed by atoms with Gasteiger partial charge >= 0.3 is 0 Å². The summed E-state index contributed by atoms with van der Waals surface area (Å²) in [5.41, 5.74) is 2.28. The lowest BCUT2D eigenvalue weighted by Gasteiger charge is -2.19. The van der Waals surface area contributed by atoms with Gasteiger partial charge in [0.2, 0.25) is 11.8 Å². The summed E-state index contributed by atoms with van der Waals surface area (Å²) in [6.45, 7) is 1.52. The largest absolute Gasteiger partial charge is 0.468 e. The number of hydrogen-bond acceptors (Lipinski definition) is 6. The molecule has 0 aliphatic heterocycles. The van der Waals surface area contributed by atoms with E-state index in [0.717, 1.165) is 11.3 Å². The molecular formula is C23H21FN4O3. The molecule has 2 heterocycles. The van der Waals surface area contributed by atoms with Gasteiger partial charge in [-0.05, 0) is 54.1 Å². The number of hydrogen-bond donors (Lipinski definition) is 1. The van der Waals surface area contributed by atoms with E-state index in [4.69, 9.17) is 8.83 Å². The average molecular weight is 420 g/mol. The fourth-order valence-corrected chi connectivity index (χ4v) is 3.17. The Labute approximate surface area is 178 Å². The number of halogens is 1. The van der Waals surface area contributed by atoms with Crippen molar-refractivity contribution in [3.8, 4) is 11.5 Å². The van der Waals surface area contributed by atoms with E-state index < -0.39 is 0 Å². The van der Waals surface area contributed by atoms with Crippen LogP contribution >= 0.6 is 0 Å². The molecule has 4 aromatic rings. The number of nitrogens with one attached hydrogen (secondary N) is 1. The highest BCUT2D eigenvalue weighted by Gasteiger charge is 2.16. The van der Waals surface area contributed by atoms with Crippen molar-refractivity contribution in [2.75, 3.05) is 7.05 Å². The van der Waals surface area contributed by atoms with Crippen LogP contribution in [0.5, 0.6) is 0 Å². The molecule has 158 valence electrons. The first-order chi connectivity index (χ1) is 15.1. The van der Waals surface area contributed by atoms with Gasteiger partial charge in [0.25, 0.3) is 5.91 Å². The molecule has 7 nitrogen and oxygen atoms in total. The third-order valence-corrected chi connectivity index (χ3v) is 4.73. The Kier molecular flexibility index (Phi) is 6.18. The van der Waals surface area contributed by atoms with E-state index in [1.54, 1.807) is 37.6 Å². The van der Waals surface area contributed by atoms with Gasteiger partial charge in [0.15, 0.2) is 0 Å². The van der Waals surface area contributed by atoms with Crippen LogP contribution in [0.3, 0.4) is 0 Å². The van der Waals surface area contributed by atoms with Crippen LogP contribution in [0.15, 0.2) is 75.8 Å². The van der Waals surface area contributed by atoms with Crippen molar-refractivity contribution in [1.29, 1.82) is 0 Å². The topological polar surface area (TPSA) is 84.4 Å². The molecule has 0 saturated heterocycles. The van der Waals surface area contributed by atoms with Crippen molar-refractivity contribution in [2.45, 2.75) is 19.6 Å². The van der Waals surface area contributed by atoms with Gasteiger partial charge in [0.05, 0.1) is 19.4 Å². The van der Waals surface area contributed by atoms with Crippen LogP contribution in [0, 0.1) is 5.82 Å². The predicted molar refractivity (Wildman–Crippen MR) is 111 cm³/mol. The zero-order chi connectivity index (χ0) is 21.6. The van der Waals surface area contributed by atoms with E-state index in [2.05, 4.69) is 20.4 Å². The predicted octanol–water partition coefficient (Wildman–Crippen LogP) is 4.03. The molecular weight excluding hydrogens is 399 g/mol. The SMILES string of the molecule is CNC(=O)c1ccc(CN(Cc2ccco2)Cc2nnc(-c3ccc(F)cc3)o2)cc1. The van der Waals surface area contributed by atoms with Gasteiger partial charge in [-0.25, -0.2) is 4.39 Å². The van der Waals surface area contributed by atoms with E-state index in [1.165, 1.54) is 12.1 Å². The highest BCUT2D eigenvalue weighted by molar-refractivity contribution is 5.93. The first-order valence-electron chi connectivity index (χ1n) is 9.75. The summed E-state index contributed by atoms with van der Waals surface area (Å²) in [5, 5.41) is 10.8. The molecule has 0 aliphatic rings. The molecule has 0 fully saturated rings. The molecule has 31 heavy (non-hydrogen) atoms. The number of benzene rings is 2. The molecule has 2 aromatic carbocycles. The number of rotatable bonds is 8. The lowest BCUT2D eigenvalue weighted by Crippen LogP contribution is -2.22. The van der Waals surface area contributed by atoms with Crippen LogP contribution in [-0.4, -0.2) is 28.1 Å². The van der Waals surface area contributed by atoms with Crippen LogP contribution in [-0.2, 0) is 19.6 Å². The Morgan fingerprint density at radius 1 is 1.00 bits per heavy atom. The van der Waals surface area contributed by atoms with Crippen molar-refractivity contribution >= 4 is 5.91 Å². The number of carbonyl (C=O) groups excluding carboxylic acids is 1. The molecule has 4 rings (SSSR count). The summed E-state index contributed by atoms with van der Waals surface area (Å²) >= 11 is 0.